The largest absolute Gasteiger partial charge is 0.464 e. The third kappa shape index (κ3) is 5.45. The summed E-state index contributed by atoms with van der Waals surface area (Å²) in [5.41, 5.74) is 1.70. The number of pyridine rings is 1. The number of rotatable bonds is 9. The van der Waals surface area contributed by atoms with Gasteiger partial charge in [0.15, 0.2) is 0 Å². The number of fused-ring (bicyclic) bond motifs is 1. The van der Waals surface area contributed by atoms with Gasteiger partial charge in [0.05, 0.1) is 12.5 Å². The zero-order valence-electron chi connectivity index (χ0n) is 21.4. The molecule has 4 rings (SSSR count). The molecule has 0 radical (unpaired) electrons. The van der Waals surface area contributed by atoms with Crippen LogP contribution < -0.4 is 10.3 Å². The van der Waals surface area contributed by atoms with E-state index in [2.05, 4.69) is 24.6 Å². The van der Waals surface area contributed by atoms with Gasteiger partial charge in [0, 0.05) is 43.1 Å². The van der Waals surface area contributed by atoms with E-state index in [1.165, 1.54) is 7.11 Å². The van der Waals surface area contributed by atoms with Crippen LogP contribution in [0.5, 0.6) is 11.5 Å². The molecule has 0 aliphatic rings. The number of aromatic amines is 1. The summed E-state index contributed by atoms with van der Waals surface area (Å²) in [4.78, 5) is 28.7. The van der Waals surface area contributed by atoms with Crippen molar-refractivity contribution in [1.29, 1.82) is 0 Å². The van der Waals surface area contributed by atoms with Crippen LogP contribution in [0.25, 0.3) is 21.9 Å². The van der Waals surface area contributed by atoms with E-state index in [0.29, 0.717) is 46.7 Å². The second kappa shape index (κ2) is 10.6. The van der Waals surface area contributed by atoms with Crippen LogP contribution in [0.2, 0.25) is 25.7 Å². The molecule has 0 amide bonds. The molecule has 0 spiro atoms. The number of ether oxygens (including phenoxy) is 3. The number of nitrogens with one attached hydrogen (secondary N) is 1. The van der Waals surface area contributed by atoms with Crippen LogP contribution in [0.3, 0.4) is 0 Å². The minimum atomic E-state index is -1.22. The number of carbonyl (C=O) groups is 1. The van der Waals surface area contributed by atoms with Crippen molar-refractivity contribution in [3.8, 4) is 22.6 Å². The minimum absolute atomic E-state index is 0.0795. The van der Waals surface area contributed by atoms with Gasteiger partial charge in [0.25, 0.3) is 5.56 Å². The third-order valence-electron chi connectivity index (χ3n) is 6.08. The molecule has 188 valence electrons. The number of para-hydroxylation sites is 2. The molecule has 8 heteroatoms. The number of H-pyrrole nitrogens is 1. The number of hydrogen-bond acceptors (Lipinski definition) is 5. The Balaban J connectivity index is 1.85. The lowest BCUT2D eigenvalue weighted by Crippen LogP contribution is -2.22. The number of carbonyl (C=O) groups excluding carboxylic acids is 1. The molecule has 0 atom stereocenters. The Kier molecular flexibility index (Phi) is 7.47. The average molecular weight is 505 g/mol. The normalized spacial score (nSPS) is 11.6. The van der Waals surface area contributed by atoms with Crippen molar-refractivity contribution in [3.63, 3.8) is 0 Å². The van der Waals surface area contributed by atoms with Gasteiger partial charge in [-0.1, -0.05) is 56.0 Å². The van der Waals surface area contributed by atoms with Crippen LogP contribution >= 0.6 is 0 Å². The molecule has 0 saturated carbocycles. The fourth-order valence-corrected chi connectivity index (χ4v) is 4.85. The van der Waals surface area contributed by atoms with Crippen LogP contribution in [0.15, 0.2) is 65.6 Å². The minimum Gasteiger partial charge on any atom is -0.464 e. The van der Waals surface area contributed by atoms with Crippen molar-refractivity contribution in [1.82, 2.24) is 9.55 Å². The number of esters is 1. The summed E-state index contributed by atoms with van der Waals surface area (Å²) in [7, 11) is 0.0752. The van der Waals surface area contributed by atoms with E-state index in [-0.39, 0.29) is 11.3 Å². The van der Waals surface area contributed by atoms with Crippen LogP contribution in [0.1, 0.15) is 16.2 Å². The van der Waals surface area contributed by atoms with Crippen LogP contribution in [0.4, 0.5) is 0 Å². The highest BCUT2D eigenvalue weighted by Gasteiger charge is 2.25. The van der Waals surface area contributed by atoms with E-state index in [1.54, 1.807) is 0 Å². The van der Waals surface area contributed by atoms with Gasteiger partial charge in [0.2, 0.25) is 0 Å². The van der Waals surface area contributed by atoms with Crippen molar-refractivity contribution in [2.45, 2.75) is 39.3 Å². The molecule has 0 unspecified atom stereocenters. The summed E-state index contributed by atoms with van der Waals surface area (Å²) in [6, 6.07) is 17.9. The summed E-state index contributed by atoms with van der Waals surface area (Å²) >= 11 is 0. The highest BCUT2D eigenvalue weighted by Crippen LogP contribution is 2.39. The first-order valence-corrected chi connectivity index (χ1v) is 15.6. The van der Waals surface area contributed by atoms with E-state index >= 15 is 0 Å². The molecule has 0 aliphatic carbocycles. The standard InChI is InChI=1S/C28H32N2O5Si/c1-19-24-22(17-30(19)18-34-15-16-36(3,4)5)25(26(28(32)33-2)29-27(24)31)21-13-9-10-14-23(21)35-20-11-7-6-8-12-20/h6-14,17H,15-16,18H2,1-5H3,(H,29,31). The molecule has 36 heavy (non-hydrogen) atoms. The van der Waals surface area contributed by atoms with Crippen LogP contribution in [-0.2, 0) is 16.2 Å². The summed E-state index contributed by atoms with van der Waals surface area (Å²) in [5, 5.41) is 1.13. The number of methoxy groups -OCH3 is 1. The Labute approximate surface area is 211 Å². The van der Waals surface area contributed by atoms with Crippen LogP contribution in [-0.4, -0.2) is 37.3 Å². The zero-order valence-corrected chi connectivity index (χ0v) is 22.4. The Morgan fingerprint density at radius 1 is 1.03 bits per heavy atom. The molecule has 2 aromatic carbocycles. The van der Waals surface area contributed by atoms with Crippen molar-refractivity contribution < 1.29 is 19.0 Å². The molecule has 0 bridgehead atoms. The SMILES string of the molecule is COC(=O)c1[nH]c(=O)c2c(C)n(COCC[Si](C)(C)C)cc2c1-c1ccccc1Oc1ccccc1. The molecule has 0 aliphatic heterocycles. The lowest BCUT2D eigenvalue weighted by atomic mass is 9.98. The van der Waals surface area contributed by atoms with Crippen molar-refractivity contribution in [3.05, 3.63) is 82.5 Å². The van der Waals surface area contributed by atoms with Crippen LogP contribution in [0, 0.1) is 6.92 Å². The third-order valence-corrected chi connectivity index (χ3v) is 7.78. The molecule has 0 saturated heterocycles. The maximum atomic E-state index is 13.1. The quantitative estimate of drug-likeness (QED) is 0.167. The molecule has 7 nitrogen and oxygen atoms in total. The molecular formula is C28H32N2O5Si. The molecule has 0 fully saturated rings. The summed E-state index contributed by atoms with van der Waals surface area (Å²) in [6.07, 6.45) is 1.87. The number of aromatic nitrogens is 2. The van der Waals surface area contributed by atoms with Crippen molar-refractivity contribution >= 4 is 24.8 Å². The number of benzene rings is 2. The van der Waals surface area contributed by atoms with Gasteiger partial charge >= 0.3 is 5.97 Å². The molecule has 2 aromatic heterocycles. The second-order valence-corrected chi connectivity index (χ2v) is 15.5. The fraction of sp³-hybridized carbons (Fsp3) is 0.286. The first-order chi connectivity index (χ1) is 17.2. The Hall–Kier alpha value is -3.62. The van der Waals surface area contributed by atoms with Gasteiger partial charge in [-0.25, -0.2) is 4.79 Å². The maximum absolute atomic E-state index is 13.1. The predicted molar refractivity (Wildman–Crippen MR) is 145 cm³/mol. The Morgan fingerprint density at radius 3 is 2.42 bits per heavy atom. The predicted octanol–water partition coefficient (Wildman–Crippen LogP) is 6.20. The second-order valence-electron chi connectivity index (χ2n) is 9.93. The number of aryl methyl sites for hydroxylation is 1. The monoisotopic (exact) mass is 504 g/mol. The Bertz CT molecular complexity index is 1430. The van der Waals surface area contributed by atoms with Crippen molar-refractivity contribution in [2.24, 2.45) is 0 Å². The van der Waals surface area contributed by atoms with Gasteiger partial charge in [-0.3, -0.25) is 4.79 Å². The van der Waals surface area contributed by atoms with E-state index in [4.69, 9.17) is 14.2 Å². The lowest BCUT2D eigenvalue weighted by molar-refractivity contribution is 0.0595. The van der Waals surface area contributed by atoms with Gasteiger partial charge in [-0.05, 0) is 31.2 Å². The molecule has 2 heterocycles. The lowest BCUT2D eigenvalue weighted by Gasteiger charge is -2.15. The number of nitrogens with zero attached hydrogens (tertiary/aromatic N) is 1. The van der Waals surface area contributed by atoms with E-state index in [1.807, 2.05) is 72.3 Å². The fourth-order valence-electron chi connectivity index (χ4n) is 4.09. The van der Waals surface area contributed by atoms with Gasteiger partial charge in [-0.15, -0.1) is 0 Å². The molecule has 4 aromatic rings. The van der Waals surface area contributed by atoms with Gasteiger partial charge in [-0.2, -0.15) is 0 Å². The molecular weight excluding hydrogens is 472 g/mol. The first kappa shape index (κ1) is 25.5. The van der Waals surface area contributed by atoms with E-state index in [0.717, 1.165) is 11.7 Å². The topological polar surface area (TPSA) is 82.6 Å². The summed E-state index contributed by atoms with van der Waals surface area (Å²) in [6.45, 7) is 9.78. The maximum Gasteiger partial charge on any atom is 0.355 e. The zero-order chi connectivity index (χ0) is 25.9. The highest BCUT2D eigenvalue weighted by molar-refractivity contribution is 6.76. The van der Waals surface area contributed by atoms with E-state index in [9.17, 15) is 9.59 Å². The average Bonchev–Trinajstić information content (AvgIpc) is 3.18. The highest BCUT2D eigenvalue weighted by atomic mass is 28.3. The van der Waals surface area contributed by atoms with Crippen molar-refractivity contribution in [2.75, 3.05) is 13.7 Å². The van der Waals surface area contributed by atoms with Gasteiger partial charge in [0.1, 0.15) is 23.9 Å². The summed E-state index contributed by atoms with van der Waals surface area (Å²) < 4.78 is 19.1. The first-order valence-electron chi connectivity index (χ1n) is 11.9. The summed E-state index contributed by atoms with van der Waals surface area (Å²) in [5.74, 6) is 0.587. The van der Waals surface area contributed by atoms with Gasteiger partial charge < -0.3 is 23.8 Å². The molecule has 1 N–H and O–H groups in total. The smallest absolute Gasteiger partial charge is 0.355 e. The van der Waals surface area contributed by atoms with E-state index < -0.39 is 14.0 Å². The Morgan fingerprint density at radius 2 is 1.72 bits per heavy atom. The number of hydrogen-bond donors (Lipinski definition) is 1.